The molecule has 0 unspecified atom stereocenters. The molecule has 0 aliphatic carbocycles. The molecule has 25 heavy (non-hydrogen) atoms. The Morgan fingerprint density at radius 2 is 1.60 bits per heavy atom. The summed E-state index contributed by atoms with van der Waals surface area (Å²) >= 11 is 0. The number of hydrogen-bond donors (Lipinski definition) is 1. The topological polar surface area (TPSA) is 66.5 Å². The summed E-state index contributed by atoms with van der Waals surface area (Å²) in [6.45, 7) is 13.8. The first-order valence-corrected chi connectivity index (χ1v) is 10.4. The average molecular weight is 369 g/mol. The van der Waals surface area contributed by atoms with Gasteiger partial charge < -0.3 is 5.32 Å². The lowest BCUT2D eigenvalue weighted by Gasteiger charge is -2.36. The fourth-order valence-electron chi connectivity index (χ4n) is 3.31. The van der Waals surface area contributed by atoms with Crippen LogP contribution in [0.2, 0.25) is 0 Å². The van der Waals surface area contributed by atoms with Gasteiger partial charge in [0.15, 0.2) is 0 Å². The second kappa shape index (κ2) is 7.36. The maximum absolute atomic E-state index is 12.8. The monoisotopic (exact) mass is 368 g/mol. The van der Waals surface area contributed by atoms with Crippen molar-refractivity contribution in [2.45, 2.75) is 66.5 Å². The number of carbonyl (C=O) groups is 1. The van der Waals surface area contributed by atoms with Crippen molar-refractivity contribution < 1.29 is 13.2 Å². The summed E-state index contributed by atoms with van der Waals surface area (Å²) in [7, 11) is -3.59. The van der Waals surface area contributed by atoms with Crippen LogP contribution in [0.4, 0.5) is 5.69 Å². The molecule has 0 aromatic heterocycles. The molecule has 0 radical (unpaired) electrons. The van der Waals surface area contributed by atoms with Crippen molar-refractivity contribution in [1.29, 1.82) is 0 Å². The number of amides is 1. The number of aryl methyl sites for hydroxylation is 1. The van der Waals surface area contributed by atoms with Crippen molar-refractivity contribution in [3.8, 4) is 0 Å². The number of nitrogens with one attached hydrogen (secondary N) is 1. The van der Waals surface area contributed by atoms with Crippen LogP contribution < -0.4 is 9.62 Å². The van der Waals surface area contributed by atoms with E-state index in [1.165, 1.54) is 4.31 Å². The van der Waals surface area contributed by atoms with Crippen molar-refractivity contribution in [3.05, 3.63) is 29.8 Å². The van der Waals surface area contributed by atoms with Gasteiger partial charge in [-0.05, 0) is 51.7 Å². The second-order valence-corrected chi connectivity index (χ2v) is 10.5. The van der Waals surface area contributed by atoms with Gasteiger partial charge in [0.1, 0.15) is 6.04 Å². The minimum atomic E-state index is -3.59. The van der Waals surface area contributed by atoms with E-state index in [2.05, 4.69) is 26.1 Å². The van der Waals surface area contributed by atoms with Crippen LogP contribution >= 0.6 is 0 Å². The molecule has 5 nitrogen and oxygen atoms in total. The van der Waals surface area contributed by atoms with E-state index in [9.17, 15) is 13.2 Å². The zero-order valence-corrected chi connectivity index (χ0v) is 17.5. The number of anilines is 1. The molecule has 6 heteroatoms. The van der Waals surface area contributed by atoms with Gasteiger partial charge in [0.2, 0.25) is 15.9 Å². The minimum absolute atomic E-state index is 0.0491. The molecule has 142 valence electrons. The van der Waals surface area contributed by atoms with Gasteiger partial charge in [-0.3, -0.25) is 9.10 Å². The van der Waals surface area contributed by atoms with E-state index in [4.69, 9.17) is 0 Å². The first-order chi connectivity index (χ1) is 11.1. The maximum Gasteiger partial charge on any atom is 0.244 e. The highest BCUT2D eigenvalue weighted by Crippen LogP contribution is 2.27. The summed E-state index contributed by atoms with van der Waals surface area (Å²) in [5.41, 5.74) is 1.14. The molecule has 0 spiro atoms. The van der Waals surface area contributed by atoms with Gasteiger partial charge in [-0.15, -0.1) is 0 Å². The van der Waals surface area contributed by atoms with Crippen LogP contribution in [0.3, 0.4) is 0 Å². The summed E-state index contributed by atoms with van der Waals surface area (Å²) in [6, 6.07) is 6.28. The lowest BCUT2D eigenvalue weighted by atomic mass is 9.81. The van der Waals surface area contributed by atoms with Gasteiger partial charge in [0.25, 0.3) is 0 Å². The highest BCUT2D eigenvalue weighted by atomic mass is 32.2. The Labute approximate surface area is 152 Å². The predicted molar refractivity (Wildman–Crippen MR) is 104 cm³/mol. The van der Waals surface area contributed by atoms with Crippen molar-refractivity contribution in [2.75, 3.05) is 10.6 Å². The Morgan fingerprint density at radius 3 is 2.00 bits per heavy atom. The molecule has 0 fully saturated rings. The van der Waals surface area contributed by atoms with E-state index in [1.54, 1.807) is 19.1 Å². The summed E-state index contributed by atoms with van der Waals surface area (Å²) in [4.78, 5) is 12.8. The van der Waals surface area contributed by atoms with Gasteiger partial charge >= 0.3 is 0 Å². The third-order valence-corrected chi connectivity index (χ3v) is 5.05. The average Bonchev–Trinajstić information content (AvgIpc) is 2.36. The zero-order chi connectivity index (χ0) is 19.6. The fraction of sp³-hybridized carbons (Fsp3) is 0.632. The molecule has 0 saturated carbocycles. The lowest BCUT2D eigenvalue weighted by molar-refractivity contribution is -0.123. The molecular weight excluding hydrogens is 336 g/mol. The van der Waals surface area contributed by atoms with Crippen LogP contribution in [-0.2, 0) is 14.8 Å². The maximum atomic E-state index is 12.8. The molecule has 0 heterocycles. The minimum Gasteiger partial charge on any atom is -0.349 e. The third-order valence-electron chi connectivity index (χ3n) is 3.81. The number of rotatable bonds is 6. The Hall–Kier alpha value is -1.56. The molecule has 1 aromatic rings. The van der Waals surface area contributed by atoms with Crippen LogP contribution in [-0.4, -0.2) is 32.2 Å². The van der Waals surface area contributed by atoms with E-state index in [0.29, 0.717) is 5.69 Å². The van der Waals surface area contributed by atoms with E-state index in [0.717, 1.165) is 18.2 Å². The molecular formula is C19H32N2O3S. The third kappa shape index (κ3) is 6.69. The number of hydrogen-bond acceptors (Lipinski definition) is 3. The van der Waals surface area contributed by atoms with Gasteiger partial charge in [-0.1, -0.05) is 38.5 Å². The molecule has 1 aromatic carbocycles. The van der Waals surface area contributed by atoms with Crippen LogP contribution in [0.15, 0.2) is 24.3 Å². The van der Waals surface area contributed by atoms with Gasteiger partial charge in [-0.25, -0.2) is 8.42 Å². The molecule has 0 bridgehead atoms. The van der Waals surface area contributed by atoms with Crippen molar-refractivity contribution >= 4 is 21.6 Å². The van der Waals surface area contributed by atoms with Crippen molar-refractivity contribution in [3.63, 3.8) is 0 Å². The number of nitrogens with zero attached hydrogens (tertiary/aromatic N) is 1. The van der Waals surface area contributed by atoms with E-state index >= 15 is 0 Å². The zero-order valence-electron chi connectivity index (χ0n) is 16.7. The van der Waals surface area contributed by atoms with Crippen molar-refractivity contribution in [2.24, 2.45) is 5.41 Å². The van der Waals surface area contributed by atoms with E-state index in [1.807, 2.05) is 32.9 Å². The molecule has 0 aliphatic rings. The van der Waals surface area contributed by atoms with Crippen LogP contribution in [0.1, 0.15) is 53.5 Å². The van der Waals surface area contributed by atoms with Gasteiger partial charge in [0.05, 0.1) is 11.9 Å². The quantitative estimate of drug-likeness (QED) is 0.836. The first kappa shape index (κ1) is 21.5. The van der Waals surface area contributed by atoms with Crippen LogP contribution in [0.5, 0.6) is 0 Å². The Kier molecular flexibility index (Phi) is 6.32. The Bertz CT molecular complexity index is 701. The standard InChI is InChI=1S/C19H32N2O3S/c1-14-9-11-16(12-10-14)21(25(8,23)24)15(2)17(22)20-19(6,7)13-18(3,4)5/h9-12,15H,13H2,1-8H3,(H,20,22)/t15-/m0/s1. The molecule has 1 amide bonds. The lowest BCUT2D eigenvalue weighted by Crippen LogP contribution is -2.54. The number of sulfonamides is 1. The fourth-order valence-corrected chi connectivity index (χ4v) is 4.48. The summed E-state index contributed by atoms with van der Waals surface area (Å²) in [6.07, 6.45) is 1.90. The highest BCUT2D eigenvalue weighted by Gasteiger charge is 2.33. The van der Waals surface area contributed by atoms with E-state index in [-0.39, 0.29) is 11.3 Å². The smallest absolute Gasteiger partial charge is 0.244 e. The second-order valence-electron chi connectivity index (χ2n) is 8.68. The number of carbonyl (C=O) groups excluding carboxylic acids is 1. The predicted octanol–water partition coefficient (Wildman–Crippen LogP) is 3.48. The van der Waals surface area contributed by atoms with Gasteiger partial charge in [-0.2, -0.15) is 0 Å². The SMILES string of the molecule is Cc1ccc(N([C@@H](C)C(=O)NC(C)(C)CC(C)(C)C)S(C)(=O)=O)cc1. The largest absolute Gasteiger partial charge is 0.349 e. The van der Waals surface area contributed by atoms with Gasteiger partial charge in [0, 0.05) is 5.54 Å². The number of benzene rings is 1. The molecule has 0 saturated heterocycles. The summed E-state index contributed by atoms with van der Waals surface area (Å²) < 4.78 is 25.8. The molecule has 1 rings (SSSR count). The van der Waals surface area contributed by atoms with Crippen LogP contribution in [0, 0.1) is 12.3 Å². The van der Waals surface area contributed by atoms with E-state index < -0.39 is 21.6 Å². The Balaban J connectivity index is 3.08. The Morgan fingerprint density at radius 1 is 1.12 bits per heavy atom. The summed E-state index contributed by atoms with van der Waals surface area (Å²) in [5, 5.41) is 3.00. The van der Waals surface area contributed by atoms with Crippen LogP contribution in [0.25, 0.3) is 0 Å². The molecule has 1 atom stereocenters. The highest BCUT2D eigenvalue weighted by molar-refractivity contribution is 7.92. The van der Waals surface area contributed by atoms with Crippen molar-refractivity contribution in [1.82, 2.24) is 5.32 Å². The first-order valence-electron chi connectivity index (χ1n) is 8.50. The summed E-state index contributed by atoms with van der Waals surface area (Å²) in [5.74, 6) is -0.305. The normalized spacial score (nSPS) is 14.1. The molecule has 1 N–H and O–H groups in total. The molecule has 0 aliphatic heterocycles.